The normalized spacial score (nSPS) is 11.7. The topological polar surface area (TPSA) is 89.1 Å². The fraction of sp³-hybridized carbons (Fsp3) is 0.286. The zero-order valence-electron chi connectivity index (χ0n) is 16.2. The molecule has 1 atom stereocenters. The lowest BCUT2D eigenvalue weighted by Crippen LogP contribution is -2.28. The molecule has 0 bridgehead atoms. The number of aromatic nitrogens is 3. The third-order valence-electron chi connectivity index (χ3n) is 4.31. The van der Waals surface area contributed by atoms with E-state index in [1.54, 1.807) is 19.5 Å². The van der Waals surface area contributed by atoms with Crippen molar-refractivity contribution < 1.29 is 14.3 Å². The summed E-state index contributed by atoms with van der Waals surface area (Å²) in [6.07, 6.45) is 3.69. The number of aromatic amines is 1. The number of nitrogens with zero attached hydrogens (tertiary/aromatic N) is 2. The summed E-state index contributed by atoms with van der Waals surface area (Å²) in [5.74, 6) is 1.18. The van der Waals surface area contributed by atoms with Gasteiger partial charge in [0, 0.05) is 18.1 Å². The average molecular weight is 380 g/mol. The third kappa shape index (κ3) is 5.09. The minimum absolute atomic E-state index is 0.0871. The molecule has 0 saturated heterocycles. The second-order valence-corrected chi connectivity index (χ2v) is 6.56. The molecule has 7 nitrogen and oxygen atoms in total. The molecule has 3 rings (SSSR count). The molecule has 0 aliphatic heterocycles. The van der Waals surface area contributed by atoms with Crippen LogP contribution in [0.2, 0.25) is 0 Å². The molecule has 0 aliphatic rings. The van der Waals surface area contributed by atoms with Gasteiger partial charge in [-0.05, 0) is 55.3 Å². The Hall–Kier alpha value is -3.35. The van der Waals surface area contributed by atoms with Crippen LogP contribution in [0.15, 0.2) is 48.8 Å². The SMILES string of the molecule is COc1cc(C(C)NC(=O)Cc2cc(C)[nH]n2)ccc1OCc1ccncc1. The molecule has 3 aromatic rings. The molecule has 7 heteroatoms. The highest BCUT2D eigenvalue weighted by Crippen LogP contribution is 2.31. The quantitative estimate of drug-likeness (QED) is 0.627. The van der Waals surface area contributed by atoms with Crippen molar-refractivity contribution in [1.82, 2.24) is 20.5 Å². The van der Waals surface area contributed by atoms with Crippen molar-refractivity contribution in [3.8, 4) is 11.5 Å². The number of H-pyrrole nitrogens is 1. The van der Waals surface area contributed by atoms with Gasteiger partial charge < -0.3 is 14.8 Å². The summed E-state index contributed by atoms with van der Waals surface area (Å²) in [4.78, 5) is 16.3. The Morgan fingerprint density at radius 1 is 1.18 bits per heavy atom. The summed E-state index contributed by atoms with van der Waals surface area (Å²) in [5.41, 5.74) is 3.61. The lowest BCUT2D eigenvalue weighted by atomic mass is 10.1. The van der Waals surface area contributed by atoms with Crippen LogP contribution in [0.3, 0.4) is 0 Å². The first-order chi connectivity index (χ1) is 13.5. The summed E-state index contributed by atoms with van der Waals surface area (Å²) in [6, 6.07) is 11.2. The number of ether oxygens (including phenoxy) is 2. The summed E-state index contributed by atoms with van der Waals surface area (Å²) in [7, 11) is 1.60. The van der Waals surface area contributed by atoms with Gasteiger partial charge in [-0.1, -0.05) is 6.07 Å². The Kier molecular flexibility index (Phi) is 6.26. The number of pyridine rings is 1. The third-order valence-corrected chi connectivity index (χ3v) is 4.31. The van der Waals surface area contributed by atoms with Crippen LogP contribution in [0.4, 0.5) is 0 Å². The second-order valence-electron chi connectivity index (χ2n) is 6.56. The van der Waals surface area contributed by atoms with E-state index < -0.39 is 0 Å². The zero-order chi connectivity index (χ0) is 19.9. The van der Waals surface area contributed by atoms with Gasteiger partial charge in [-0.3, -0.25) is 14.9 Å². The number of aryl methyl sites for hydroxylation is 1. The zero-order valence-corrected chi connectivity index (χ0v) is 16.2. The molecule has 0 fully saturated rings. The van der Waals surface area contributed by atoms with Crippen LogP contribution in [0, 0.1) is 6.92 Å². The maximum atomic E-state index is 12.3. The maximum Gasteiger partial charge on any atom is 0.226 e. The van der Waals surface area contributed by atoms with Crippen LogP contribution in [0.1, 0.15) is 35.5 Å². The lowest BCUT2D eigenvalue weighted by Gasteiger charge is -2.17. The van der Waals surface area contributed by atoms with Crippen molar-refractivity contribution in [1.29, 1.82) is 0 Å². The fourth-order valence-corrected chi connectivity index (χ4v) is 2.82. The predicted octanol–water partition coefficient (Wildman–Crippen LogP) is 3.12. The number of hydrogen-bond acceptors (Lipinski definition) is 5. The van der Waals surface area contributed by atoms with E-state index in [2.05, 4.69) is 20.5 Å². The van der Waals surface area contributed by atoms with E-state index in [0.29, 0.717) is 18.1 Å². The number of hydrogen-bond donors (Lipinski definition) is 2. The van der Waals surface area contributed by atoms with Crippen LogP contribution >= 0.6 is 0 Å². The summed E-state index contributed by atoms with van der Waals surface area (Å²) < 4.78 is 11.3. The molecule has 1 aromatic carbocycles. The van der Waals surface area contributed by atoms with Gasteiger partial charge in [0.15, 0.2) is 11.5 Å². The molecular formula is C21H24N4O3. The average Bonchev–Trinajstić information content (AvgIpc) is 3.11. The molecule has 2 heterocycles. The van der Waals surface area contributed by atoms with E-state index in [1.807, 2.05) is 50.2 Å². The van der Waals surface area contributed by atoms with Crippen molar-refractivity contribution >= 4 is 5.91 Å². The highest BCUT2D eigenvalue weighted by atomic mass is 16.5. The number of benzene rings is 1. The van der Waals surface area contributed by atoms with E-state index >= 15 is 0 Å². The van der Waals surface area contributed by atoms with Crippen molar-refractivity contribution in [3.63, 3.8) is 0 Å². The standard InChI is InChI=1S/C21H24N4O3/c1-14-10-18(25-24-14)12-21(26)23-15(2)17-4-5-19(20(11-17)27-3)28-13-16-6-8-22-9-7-16/h4-11,15H,12-13H2,1-3H3,(H,23,26)(H,24,25). The first-order valence-electron chi connectivity index (χ1n) is 9.05. The number of amides is 1. The second kappa shape index (κ2) is 9.03. The van der Waals surface area contributed by atoms with E-state index in [1.165, 1.54) is 0 Å². The Morgan fingerprint density at radius 2 is 1.96 bits per heavy atom. The molecule has 2 N–H and O–H groups in total. The van der Waals surface area contributed by atoms with Crippen molar-refractivity contribution in [2.45, 2.75) is 32.9 Å². The monoisotopic (exact) mass is 380 g/mol. The number of carbonyl (C=O) groups excluding carboxylic acids is 1. The number of rotatable bonds is 8. The summed E-state index contributed by atoms with van der Waals surface area (Å²) >= 11 is 0. The Labute approximate surface area is 164 Å². The van der Waals surface area contributed by atoms with E-state index in [4.69, 9.17) is 9.47 Å². The Morgan fingerprint density at radius 3 is 2.64 bits per heavy atom. The largest absolute Gasteiger partial charge is 0.493 e. The van der Waals surface area contributed by atoms with Gasteiger partial charge in [-0.15, -0.1) is 0 Å². The molecule has 28 heavy (non-hydrogen) atoms. The number of carbonyl (C=O) groups is 1. The van der Waals surface area contributed by atoms with Gasteiger partial charge in [0.25, 0.3) is 0 Å². The Balaban J connectivity index is 1.62. The molecule has 146 valence electrons. The van der Waals surface area contributed by atoms with Gasteiger partial charge in [0.1, 0.15) is 6.61 Å². The molecular weight excluding hydrogens is 356 g/mol. The first-order valence-corrected chi connectivity index (χ1v) is 9.05. The van der Waals surface area contributed by atoms with Gasteiger partial charge >= 0.3 is 0 Å². The molecule has 0 spiro atoms. The molecule has 1 unspecified atom stereocenters. The molecule has 0 saturated carbocycles. The summed E-state index contributed by atoms with van der Waals surface area (Å²) in [6.45, 7) is 4.26. The van der Waals surface area contributed by atoms with E-state index in [-0.39, 0.29) is 18.4 Å². The van der Waals surface area contributed by atoms with E-state index in [9.17, 15) is 4.79 Å². The first kappa shape index (κ1) is 19.4. The van der Waals surface area contributed by atoms with Crippen molar-refractivity contribution in [2.24, 2.45) is 0 Å². The van der Waals surface area contributed by atoms with Crippen LogP contribution in [-0.4, -0.2) is 28.2 Å². The predicted molar refractivity (Wildman–Crippen MR) is 105 cm³/mol. The minimum Gasteiger partial charge on any atom is -0.493 e. The van der Waals surface area contributed by atoms with Crippen LogP contribution in [-0.2, 0) is 17.8 Å². The van der Waals surface area contributed by atoms with Crippen LogP contribution in [0.25, 0.3) is 0 Å². The van der Waals surface area contributed by atoms with Gasteiger partial charge in [0.05, 0.1) is 25.3 Å². The highest BCUT2D eigenvalue weighted by Gasteiger charge is 2.14. The lowest BCUT2D eigenvalue weighted by molar-refractivity contribution is -0.121. The van der Waals surface area contributed by atoms with E-state index in [0.717, 1.165) is 22.5 Å². The minimum atomic E-state index is -0.171. The van der Waals surface area contributed by atoms with Gasteiger partial charge in [0.2, 0.25) is 5.91 Å². The molecule has 0 radical (unpaired) electrons. The smallest absolute Gasteiger partial charge is 0.226 e. The molecule has 1 amide bonds. The molecule has 2 aromatic heterocycles. The molecule has 0 aliphatic carbocycles. The number of nitrogens with one attached hydrogen (secondary N) is 2. The van der Waals surface area contributed by atoms with Crippen LogP contribution < -0.4 is 14.8 Å². The maximum absolute atomic E-state index is 12.3. The van der Waals surface area contributed by atoms with Crippen LogP contribution in [0.5, 0.6) is 11.5 Å². The number of methoxy groups -OCH3 is 1. The highest BCUT2D eigenvalue weighted by molar-refractivity contribution is 5.78. The van der Waals surface area contributed by atoms with Gasteiger partial charge in [-0.2, -0.15) is 5.10 Å². The Bertz CT molecular complexity index is 924. The van der Waals surface area contributed by atoms with Crippen molar-refractivity contribution in [2.75, 3.05) is 7.11 Å². The fourth-order valence-electron chi connectivity index (χ4n) is 2.82. The van der Waals surface area contributed by atoms with Crippen molar-refractivity contribution in [3.05, 3.63) is 71.3 Å². The van der Waals surface area contributed by atoms with Gasteiger partial charge in [-0.25, -0.2) is 0 Å². The summed E-state index contributed by atoms with van der Waals surface area (Å²) in [5, 5.41) is 9.92.